The highest BCUT2D eigenvalue weighted by molar-refractivity contribution is 9.10. The Morgan fingerprint density at radius 3 is 2.58 bits per heavy atom. The van der Waals surface area contributed by atoms with Gasteiger partial charge in [0, 0.05) is 33.7 Å². The van der Waals surface area contributed by atoms with Gasteiger partial charge in [0.05, 0.1) is 5.52 Å². The van der Waals surface area contributed by atoms with E-state index in [1.54, 1.807) is 0 Å². The van der Waals surface area contributed by atoms with E-state index in [0.717, 1.165) is 35.1 Å². The van der Waals surface area contributed by atoms with E-state index in [0.29, 0.717) is 0 Å². The van der Waals surface area contributed by atoms with Crippen LogP contribution in [0.2, 0.25) is 0 Å². The molecule has 0 aliphatic carbocycles. The summed E-state index contributed by atoms with van der Waals surface area (Å²) in [5.41, 5.74) is 3.45. The molecule has 0 fully saturated rings. The van der Waals surface area contributed by atoms with Gasteiger partial charge in [-0.1, -0.05) is 27.8 Å². The molecule has 0 aliphatic rings. The first kappa shape index (κ1) is 16.8. The van der Waals surface area contributed by atoms with E-state index < -0.39 is 0 Å². The minimum Gasteiger partial charge on any atom is -0.317 e. The maximum absolute atomic E-state index is 3.48. The molecule has 0 saturated heterocycles. The number of halogens is 1. The summed E-state index contributed by atoms with van der Waals surface area (Å²) in [6.45, 7) is 1.09. The zero-order valence-electron chi connectivity index (χ0n) is 14.1. The van der Waals surface area contributed by atoms with Gasteiger partial charge in [-0.05, 0) is 75.6 Å². The Morgan fingerprint density at radius 1 is 1.04 bits per heavy atom. The SMILES string of the molecule is CN(C)CCCC#Cc1ccc2c(ccn2-c2ccc(Br)cc2)c1. The highest BCUT2D eigenvalue weighted by atomic mass is 79.9. The topological polar surface area (TPSA) is 8.17 Å². The molecule has 0 bridgehead atoms. The van der Waals surface area contributed by atoms with Crippen LogP contribution in [0.5, 0.6) is 0 Å². The average Bonchev–Trinajstić information content (AvgIpc) is 2.98. The lowest BCUT2D eigenvalue weighted by molar-refractivity contribution is 0.403. The van der Waals surface area contributed by atoms with E-state index in [1.807, 2.05) is 0 Å². The molecule has 24 heavy (non-hydrogen) atoms. The van der Waals surface area contributed by atoms with Crippen LogP contribution in [-0.2, 0) is 0 Å². The summed E-state index contributed by atoms with van der Waals surface area (Å²) in [5, 5.41) is 1.22. The molecule has 3 aromatic rings. The van der Waals surface area contributed by atoms with Gasteiger partial charge < -0.3 is 9.47 Å². The number of nitrogens with zero attached hydrogens (tertiary/aromatic N) is 2. The number of benzene rings is 2. The van der Waals surface area contributed by atoms with Crippen molar-refractivity contribution in [3.05, 3.63) is 64.8 Å². The van der Waals surface area contributed by atoms with Gasteiger partial charge in [0.25, 0.3) is 0 Å². The summed E-state index contributed by atoms with van der Waals surface area (Å²) in [5.74, 6) is 6.56. The van der Waals surface area contributed by atoms with Crippen LogP contribution >= 0.6 is 15.9 Å². The molecular weight excluding hydrogens is 360 g/mol. The van der Waals surface area contributed by atoms with Crippen LogP contribution in [0.1, 0.15) is 18.4 Å². The fraction of sp³-hybridized carbons (Fsp3) is 0.238. The van der Waals surface area contributed by atoms with E-state index in [-0.39, 0.29) is 0 Å². The van der Waals surface area contributed by atoms with Crippen LogP contribution in [0.4, 0.5) is 0 Å². The molecule has 122 valence electrons. The standard InChI is InChI=1S/C21H21BrN2/c1-23(2)14-5-3-4-6-17-7-12-21-18(16-17)13-15-24(21)20-10-8-19(22)9-11-20/h7-13,15-16H,3,5,14H2,1-2H3. The molecule has 0 aliphatic heterocycles. The first-order valence-corrected chi connectivity index (χ1v) is 8.93. The summed E-state index contributed by atoms with van der Waals surface area (Å²) < 4.78 is 3.30. The Hall–Kier alpha value is -2.02. The molecule has 0 spiro atoms. The number of fused-ring (bicyclic) bond motifs is 1. The predicted octanol–water partition coefficient (Wildman–Crippen LogP) is 5.09. The summed E-state index contributed by atoms with van der Waals surface area (Å²) in [6, 6.07) is 16.9. The van der Waals surface area contributed by atoms with E-state index >= 15 is 0 Å². The van der Waals surface area contributed by atoms with Gasteiger partial charge in [-0.15, -0.1) is 0 Å². The lowest BCUT2D eigenvalue weighted by Gasteiger charge is -2.06. The van der Waals surface area contributed by atoms with Gasteiger partial charge in [-0.3, -0.25) is 0 Å². The molecule has 2 aromatic carbocycles. The van der Waals surface area contributed by atoms with Crippen molar-refractivity contribution in [3.63, 3.8) is 0 Å². The summed E-state index contributed by atoms with van der Waals surface area (Å²) in [4.78, 5) is 2.19. The Labute approximate surface area is 152 Å². The van der Waals surface area contributed by atoms with Crippen molar-refractivity contribution in [2.45, 2.75) is 12.8 Å². The van der Waals surface area contributed by atoms with Crippen LogP contribution in [0.25, 0.3) is 16.6 Å². The first-order valence-electron chi connectivity index (χ1n) is 8.14. The van der Waals surface area contributed by atoms with E-state index in [9.17, 15) is 0 Å². The monoisotopic (exact) mass is 380 g/mol. The molecule has 3 heteroatoms. The van der Waals surface area contributed by atoms with Gasteiger partial charge in [0.1, 0.15) is 0 Å². The van der Waals surface area contributed by atoms with Crippen molar-refractivity contribution in [1.29, 1.82) is 0 Å². The number of hydrogen-bond acceptors (Lipinski definition) is 1. The minimum absolute atomic E-state index is 0.941. The maximum Gasteiger partial charge on any atom is 0.0529 e. The van der Waals surface area contributed by atoms with Crippen LogP contribution in [0.3, 0.4) is 0 Å². The van der Waals surface area contributed by atoms with E-state index in [2.05, 4.69) is 106 Å². The Bertz CT molecular complexity index is 880. The van der Waals surface area contributed by atoms with E-state index in [1.165, 1.54) is 10.9 Å². The third-order valence-corrected chi connectivity index (χ3v) is 4.46. The van der Waals surface area contributed by atoms with Crippen LogP contribution in [0.15, 0.2) is 59.2 Å². The predicted molar refractivity (Wildman–Crippen MR) is 106 cm³/mol. The Balaban J connectivity index is 1.78. The highest BCUT2D eigenvalue weighted by Crippen LogP contribution is 2.22. The molecular formula is C21H21BrN2. The van der Waals surface area contributed by atoms with Gasteiger partial charge in [0.2, 0.25) is 0 Å². The molecule has 0 N–H and O–H groups in total. The molecule has 1 heterocycles. The largest absolute Gasteiger partial charge is 0.317 e. The van der Waals surface area contributed by atoms with E-state index in [4.69, 9.17) is 0 Å². The zero-order chi connectivity index (χ0) is 16.9. The molecule has 0 radical (unpaired) electrons. The normalized spacial score (nSPS) is 10.8. The minimum atomic E-state index is 0.941. The summed E-state index contributed by atoms with van der Waals surface area (Å²) >= 11 is 3.48. The number of aromatic nitrogens is 1. The van der Waals surface area contributed by atoms with Gasteiger partial charge in [0.15, 0.2) is 0 Å². The molecule has 2 nitrogen and oxygen atoms in total. The number of hydrogen-bond donors (Lipinski definition) is 0. The third kappa shape index (κ3) is 4.08. The number of rotatable bonds is 4. The van der Waals surface area contributed by atoms with Crippen molar-refractivity contribution in [2.75, 3.05) is 20.6 Å². The first-order chi connectivity index (χ1) is 11.6. The molecule has 0 unspecified atom stereocenters. The van der Waals surface area contributed by atoms with Gasteiger partial charge in [-0.25, -0.2) is 0 Å². The summed E-state index contributed by atoms with van der Waals surface area (Å²) in [6.07, 6.45) is 4.17. The number of unbranched alkanes of at least 4 members (excludes halogenated alkanes) is 1. The fourth-order valence-corrected chi connectivity index (χ4v) is 2.96. The second-order valence-corrected chi connectivity index (χ2v) is 7.06. The molecule has 0 saturated carbocycles. The maximum atomic E-state index is 3.48. The van der Waals surface area contributed by atoms with Gasteiger partial charge >= 0.3 is 0 Å². The third-order valence-electron chi connectivity index (χ3n) is 3.93. The molecule has 1 aromatic heterocycles. The van der Waals surface area contributed by atoms with Crippen LogP contribution in [-0.4, -0.2) is 30.1 Å². The average molecular weight is 381 g/mol. The zero-order valence-corrected chi connectivity index (χ0v) is 15.7. The lowest BCUT2D eigenvalue weighted by atomic mass is 10.1. The Kier molecular flexibility index (Phi) is 5.40. The lowest BCUT2D eigenvalue weighted by Crippen LogP contribution is -2.12. The van der Waals surface area contributed by atoms with Crippen LogP contribution in [0, 0.1) is 11.8 Å². The molecule has 0 amide bonds. The van der Waals surface area contributed by atoms with Crippen LogP contribution < -0.4 is 0 Å². The van der Waals surface area contributed by atoms with Crippen molar-refractivity contribution < 1.29 is 0 Å². The smallest absolute Gasteiger partial charge is 0.0529 e. The summed E-state index contributed by atoms with van der Waals surface area (Å²) in [7, 11) is 4.19. The van der Waals surface area contributed by atoms with Crippen molar-refractivity contribution >= 4 is 26.8 Å². The second kappa shape index (κ2) is 7.70. The van der Waals surface area contributed by atoms with Crippen molar-refractivity contribution in [2.24, 2.45) is 0 Å². The highest BCUT2D eigenvalue weighted by Gasteiger charge is 2.03. The van der Waals surface area contributed by atoms with Crippen molar-refractivity contribution in [3.8, 4) is 17.5 Å². The molecule has 3 rings (SSSR count). The van der Waals surface area contributed by atoms with Gasteiger partial charge in [-0.2, -0.15) is 0 Å². The van der Waals surface area contributed by atoms with Crippen molar-refractivity contribution in [1.82, 2.24) is 9.47 Å². The fourth-order valence-electron chi connectivity index (χ4n) is 2.70. The molecule has 0 atom stereocenters. The second-order valence-electron chi connectivity index (χ2n) is 6.14. The quantitative estimate of drug-likeness (QED) is 0.452. The Morgan fingerprint density at radius 2 is 1.83 bits per heavy atom.